The minimum absolute atomic E-state index is 0.388. The first kappa shape index (κ1) is 14.1. The first-order valence-corrected chi connectivity index (χ1v) is 7.83. The van der Waals surface area contributed by atoms with Crippen molar-refractivity contribution in [3.8, 4) is 0 Å². The number of Topliss-reactive ketones (excluding diaryl/α,β-unsaturated/α-hetero) is 1. The molecule has 0 spiro atoms. The third-order valence-electron chi connectivity index (χ3n) is 4.76. The van der Waals surface area contributed by atoms with Crippen LogP contribution in [0.15, 0.2) is 18.2 Å². The molecule has 1 saturated heterocycles. The average molecular weight is 286 g/mol. The Kier molecular flexibility index (Phi) is 3.70. The third kappa shape index (κ3) is 2.43. The SMILES string of the molecule is CCCC1CCN(c2ccc3c(c2)N(C)C(=O)C3=O)CC1. The second-order valence-corrected chi connectivity index (χ2v) is 6.11. The van der Waals surface area contributed by atoms with Crippen molar-refractivity contribution in [3.63, 3.8) is 0 Å². The molecule has 1 aromatic carbocycles. The number of carbonyl (C=O) groups is 2. The summed E-state index contributed by atoms with van der Waals surface area (Å²) in [5.74, 6) is 0.0380. The summed E-state index contributed by atoms with van der Waals surface area (Å²) in [6.07, 6.45) is 5.06. The summed E-state index contributed by atoms with van der Waals surface area (Å²) in [7, 11) is 1.67. The zero-order valence-corrected chi connectivity index (χ0v) is 12.8. The van der Waals surface area contributed by atoms with Crippen molar-refractivity contribution in [1.82, 2.24) is 0 Å². The van der Waals surface area contributed by atoms with Gasteiger partial charge in [0.25, 0.3) is 11.7 Å². The normalized spacial score (nSPS) is 19.3. The van der Waals surface area contributed by atoms with E-state index in [1.807, 2.05) is 12.1 Å². The number of amides is 1. The van der Waals surface area contributed by atoms with Crippen molar-refractivity contribution in [2.24, 2.45) is 5.92 Å². The Morgan fingerprint density at radius 1 is 1.19 bits per heavy atom. The Morgan fingerprint density at radius 2 is 1.90 bits per heavy atom. The van der Waals surface area contributed by atoms with Crippen LogP contribution in [-0.2, 0) is 4.79 Å². The maximum absolute atomic E-state index is 11.8. The lowest BCUT2D eigenvalue weighted by molar-refractivity contribution is -0.114. The Hall–Kier alpha value is -1.84. The van der Waals surface area contributed by atoms with Crippen LogP contribution in [0, 0.1) is 5.92 Å². The van der Waals surface area contributed by atoms with E-state index in [0.29, 0.717) is 5.56 Å². The lowest BCUT2D eigenvalue weighted by Gasteiger charge is -2.34. The summed E-state index contributed by atoms with van der Waals surface area (Å²) in [6.45, 7) is 4.38. The third-order valence-corrected chi connectivity index (χ3v) is 4.76. The van der Waals surface area contributed by atoms with Crippen molar-refractivity contribution >= 4 is 23.1 Å². The van der Waals surface area contributed by atoms with E-state index in [4.69, 9.17) is 0 Å². The second-order valence-electron chi connectivity index (χ2n) is 6.11. The van der Waals surface area contributed by atoms with Gasteiger partial charge in [-0.3, -0.25) is 9.59 Å². The molecule has 2 aliphatic rings. The fourth-order valence-electron chi connectivity index (χ4n) is 3.45. The molecule has 3 rings (SSSR count). The Labute approximate surface area is 125 Å². The van der Waals surface area contributed by atoms with Gasteiger partial charge in [0.15, 0.2) is 0 Å². The number of hydrogen-bond donors (Lipinski definition) is 0. The molecule has 4 heteroatoms. The number of nitrogens with zero attached hydrogens (tertiary/aromatic N) is 2. The van der Waals surface area contributed by atoms with E-state index in [1.54, 1.807) is 13.1 Å². The van der Waals surface area contributed by atoms with Gasteiger partial charge in [-0.05, 0) is 37.0 Å². The van der Waals surface area contributed by atoms with Gasteiger partial charge in [0.2, 0.25) is 0 Å². The second kappa shape index (κ2) is 5.51. The van der Waals surface area contributed by atoms with Crippen LogP contribution in [0.5, 0.6) is 0 Å². The molecule has 0 bridgehead atoms. The van der Waals surface area contributed by atoms with Crippen molar-refractivity contribution in [2.75, 3.05) is 29.9 Å². The minimum atomic E-state index is -0.427. The maximum Gasteiger partial charge on any atom is 0.299 e. The highest BCUT2D eigenvalue weighted by Crippen LogP contribution is 2.33. The van der Waals surface area contributed by atoms with Crippen molar-refractivity contribution in [2.45, 2.75) is 32.6 Å². The maximum atomic E-state index is 11.8. The van der Waals surface area contributed by atoms with Crippen LogP contribution in [0.25, 0.3) is 0 Å². The van der Waals surface area contributed by atoms with Crippen LogP contribution in [0.3, 0.4) is 0 Å². The highest BCUT2D eigenvalue weighted by atomic mass is 16.2. The molecule has 0 aliphatic carbocycles. The fourth-order valence-corrected chi connectivity index (χ4v) is 3.45. The molecule has 112 valence electrons. The molecule has 4 nitrogen and oxygen atoms in total. The molecule has 0 aromatic heterocycles. The van der Waals surface area contributed by atoms with Crippen LogP contribution >= 0.6 is 0 Å². The van der Waals surface area contributed by atoms with Gasteiger partial charge in [0.05, 0.1) is 11.3 Å². The molecule has 2 aliphatic heterocycles. The van der Waals surface area contributed by atoms with Gasteiger partial charge < -0.3 is 9.80 Å². The Morgan fingerprint density at radius 3 is 2.57 bits per heavy atom. The van der Waals surface area contributed by atoms with Crippen LogP contribution < -0.4 is 9.80 Å². The molecule has 0 N–H and O–H groups in total. The Balaban J connectivity index is 1.77. The number of ketones is 1. The van der Waals surface area contributed by atoms with E-state index >= 15 is 0 Å². The molecule has 2 heterocycles. The summed E-state index contributed by atoms with van der Waals surface area (Å²) < 4.78 is 0. The van der Waals surface area contributed by atoms with E-state index in [1.165, 1.54) is 30.6 Å². The van der Waals surface area contributed by atoms with Crippen LogP contribution in [-0.4, -0.2) is 31.8 Å². The van der Waals surface area contributed by atoms with E-state index < -0.39 is 5.91 Å². The van der Waals surface area contributed by atoms with Gasteiger partial charge in [-0.25, -0.2) is 0 Å². The minimum Gasteiger partial charge on any atom is -0.371 e. The molecule has 0 atom stereocenters. The smallest absolute Gasteiger partial charge is 0.299 e. The number of fused-ring (bicyclic) bond motifs is 1. The number of piperidine rings is 1. The highest BCUT2D eigenvalue weighted by Gasteiger charge is 2.33. The lowest BCUT2D eigenvalue weighted by Crippen LogP contribution is -2.33. The summed E-state index contributed by atoms with van der Waals surface area (Å²) in [5.41, 5.74) is 2.41. The number of anilines is 2. The molecule has 0 saturated carbocycles. The molecule has 0 radical (unpaired) electrons. The first-order valence-electron chi connectivity index (χ1n) is 7.83. The Bertz CT molecular complexity index is 574. The van der Waals surface area contributed by atoms with Crippen LogP contribution in [0.1, 0.15) is 43.0 Å². The highest BCUT2D eigenvalue weighted by molar-refractivity contribution is 6.52. The van der Waals surface area contributed by atoms with E-state index in [-0.39, 0.29) is 5.78 Å². The topological polar surface area (TPSA) is 40.6 Å². The monoisotopic (exact) mass is 286 g/mol. The zero-order chi connectivity index (χ0) is 15.0. The predicted molar refractivity (Wildman–Crippen MR) is 84.0 cm³/mol. The van der Waals surface area contributed by atoms with Gasteiger partial charge in [0, 0.05) is 25.8 Å². The van der Waals surface area contributed by atoms with Gasteiger partial charge in [-0.2, -0.15) is 0 Å². The number of likely N-dealkylation sites (N-methyl/N-ethyl adjacent to an activating group) is 1. The molecule has 1 aromatic rings. The first-order chi connectivity index (χ1) is 10.1. The summed E-state index contributed by atoms with van der Waals surface area (Å²) in [4.78, 5) is 27.4. The van der Waals surface area contributed by atoms with Gasteiger partial charge in [-0.1, -0.05) is 19.8 Å². The zero-order valence-electron chi connectivity index (χ0n) is 12.8. The average Bonchev–Trinajstić information content (AvgIpc) is 2.73. The number of rotatable bonds is 3. The summed E-state index contributed by atoms with van der Waals surface area (Å²) >= 11 is 0. The standard InChI is InChI=1S/C17H22N2O2/c1-3-4-12-7-9-19(10-8-12)13-5-6-14-15(11-13)18(2)17(21)16(14)20/h5-6,11-12H,3-4,7-10H2,1-2H3. The van der Waals surface area contributed by atoms with Crippen LogP contribution in [0.2, 0.25) is 0 Å². The van der Waals surface area contributed by atoms with Gasteiger partial charge in [0.1, 0.15) is 0 Å². The molecule has 0 unspecified atom stereocenters. The number of hydrogen-bond acceptors (Lipinski definition) is 3. The molecular weight excluding hydrogens is 264 g/mol. The predicted octanol–water partition coefficient (Wildman–Crippen LogP) is 2.86. The number of benzene rings is 1. The van der Waals surface area contributed by atoms with Crippen molar-refractivity contribution in [3.05, 3.63) is 23.8 Å². The molecule has 21 heavy (non-hydrogen) atoms. The molecule has 1 fully saturated rings. The molecule has 1 amide bonds. The summed E-state index contributed by atoms with van der Waals surface area (Å²) in [6, 6.07) is 5.76. The molecular formula is C17H22N2O2. The van der Waals surface area contributed by atoms with E-state index in [0.717, 1.165) is 30.4 Å². The van der Waals surface area contributed by atoms with E-state index in [9.17, 15) is 9.59 Å². The fraction of sp³-hybridized carbons (Fsp3) is 0.529. The van der Waals surface area contributed by atoms with Gasteiger partial charge >= 0.3 is 0 Å². The largest absolute Gasteiger partial charge is 0.371 e. The quantitative estimate of drug-likeness (QED) is 0.802. The number of carbonyl (C=O) groups excluding carboxylic acids is 2. The van der Waals surface area contributed by atoms with Crippen molar-refractivity contribution < 1.29 is 9.59 Å². The van der Waals surface area contributed by atoms with Gasteiger partial charge in [-0.15, -0.1) is 0 Å². The summed E-state index contributed by atoms with van der Waals surface area (Å²) in [5, 5.41) is 0. The van der Waals surface area contributed by atoms with E-state index in [2.05, 4.69) is 11.8 Å². The van der Waals surface area contributed by atoms with Crippen molar-refractivity contribution in [1.29, 1.82) is 0 Å². The van der Waals surface area contributed by atoms with Crippen LogP contribution in [0.4, 0.5) is 11.4 Å². The lowest BCUT2D eigenvalue weighted by atomic mass is 9.92.